The molecule has 0 amide bonds. The van der Waals surface area contributed by atoms with Gasteiger partial charge in [-0.3, -0.25) is 4.55 Å². The van der Waals surface area contributed by atoms with E-state index in [9.17, 15) is 8.42 Å². The lowest BCUT2D eigenvalue weighted by Crippen LogP contribution is -2.23. The van der Waals surface area contributed by atoms with Gasteiger partial charge in [0.05, 0.1) is 0 Å². The van der Waals surface area contributed by atoms with Crippen molar-refractivity contribution in [3.63, 3.8) is 0 Å². The second-order valence-corrected chi connectivity index (χ2v) is 4.59. The maximum atomic E-state index is 10.3. The second-order valence-electron chi connectivity index (χ2n) is 3.14. The normalized spacial score (nSPS) is 11.8. The van der Waals surface area contributed by atoms with Crippen molar-refractivity contribution < 1.29 is 13.0 Å². The molecule has 0 aliphatic heterocycles. The maximum Gasteiger partial charge on any atom is 0.278 e. The quantitative estimate of drug-likeness (QED) is 0.468. The molecule has 0 aromatic rings. The highest BCUT2D eigenvalue weighted by Gasteiger charge is 2.01. The molecule has 80 valence electrons. The lowest BCUT2D eigenvalue weighted by Gasteiger charge is -2.01. The van der Waals surface area contributed by atoms with Gasteiger partial charge in [-0.2, -0.15) is 8.42 Å². The molecule has 5 heteroatoms. The van der Waals surface area contributed by atoms with Gasteiger partial charge in [0.15, 0.2) is 0 Å². The first-order chi connectivity index (χ1) is 6.06. The first-order valence-electron chi connectivity index (χ1n) is 4.72. The highest BCUT2D eigenvalue weighted by Crippen LogP contribution is 2.00. The van der Waals surface area contributed by atoms with Crippen LogP contribution in [0.2, 0.25) is 0 Å². The van der Waals surface area contributed by atoms with Crippen molar-refractivity contribution in [1.82, 2.24) is 5.32 Å². The summed E-state index contributed by atoms with van der Waals surface area (Å²) in [6, 6.07) is 0. The third-order valence-corrected chi connectivity index (χ3v) is 2.31. The number of rotatable bonds is 8. The van der Waals surface area contributed by atoms with Crippen LogP contribution in [-0.2, 0) is 10.1 Å². The zero-order chi connectivity index (χ0) is 10.2. The van der Waals surface area contributed by atoms with Crippen molar-refractivity contribution in [1.29, 1.82) is 0 Å². The molecule has 4 nitrogen and oxygen atoms in total. The summed E-state index contributed by atoms with van der Waals surface area (Å²) >= 11 is 0. The number of nitrogens with one attached hydrogen (secondary N) is 1. The Morgan fingerprint density at radius 2 is 1.77 bits per heavy atom. The van der Waals surface area contributed by atoms with Crippen LogP contribution in [0.5, 0.6) is 0 Å². The molecule has 0 aromatic carbocycles. The van der Waals surface area contributed by atoms with Gasteiger partial charge in [0.25, 0.3) is 10.1 Å². The fraction of sp³-hybridized carbons (Fsp3) is 1.00. The van der Waals surface area contributed by atoms with Crippen molar-refractivity contribution in [3.05, 3.63) is 0 Å². The Hall–Kier alpha value is -0.130. The summed E-state index contributed by atoms with van der Waals surface area (Å²) in [5.41, 5.74) is 0. The zero-order valence-electron chi connectivity index (χ0n) is 8.12. The first kappa shape index (κ1) is 12.9. The topological polar surface area (TPSA) is 66.4 Å². The predicted octanol–water partition coefficient (Wildman–Crippen LogP) is 1.39. The number of hydrogen-bond acceptors (Lipinski definition) is 3. The van der Waals surface area contributed by atoms with Crippen LogP contribution >= 0.6 is 0 Å². The van der Waals surface area contributed by atoms with Gasteiger partial charge in [-0.1, -0.05) is 32.6 Å². The van der Waals surface area contributed by atoms with E-state index in [2.05, 4.69) is 12.2 Å². The van der Waals surface area contributed by atoms with Gasteiger partial charge < -0.3 is 5.32 Å². The van der Waals surface area contributed by atoms with Crippen molar-refractivity contribution in [2.75, 3.05) is 12.4 Å². The largest absolute Gasteiger partial charge is 0.302 e. The van der Waals surface area contributed by atoms with Crippen LogP contribution < -0.4 is 5.32 Å². The molecule has 0 spiro atoms. The van der Waals surface area contributed by atoms with Crippen LogP contribution in [0.25, 0.3) is 0 Å². The molecule has 0 aliphatic rings. The first-order valence-corrected chi connectivity index (χ1v) is 6.33. The minimum atomic E-state index is -3.83. The van der Waals surface area contributed by atoms with Crippen LogP contribution in [0.4, 0.5) is 0 Å². The van der Waals surface area contributed by atoms with E-state index in [1.54, 1.807) is 0 Å². The molecule has 0 radical (unpaired) electrons. The van der Waals surface area contributed by atoms with Gasteiger partial charge in [-0.15, -0.1) is 0 Å². The smallest absolute Gasteiger partial charge is 0.278 e. The monoisotopic (exact) mass is 209 g/mol. The maximum absolute atomic E-state index is 10.3. The molecule has 0 unspecified atom stereocenters. The van der Waals surface area contributed by atoms with Crippen molar-refractivity contribution in [3.8, 4) is 0 Å². The molecule has 0 saturated heterocycles. The van der Waals surface area contributed by atoms with E-state index in [1.165, 1.54) is 19.3 Å². The average Bonchev–Trinajstić information content (AvgIpc) is 2.01. The standard InChI is InChI=1S/C8H19NO3S/c1-2-3-4-5-6-7-9-8-13(10,11)12/h9H,2-8H2,1H3,(H,10,11,12). The molecule has 0 saturated carbocycles. The highest BCUT2D eigenvalue weighted by molar-refractivity contribution is 7.85. The van der Waals surface area contributed by atoms with Gasteiger partial charge >= 0.3 is 0 Å². The molecular formula is C8H19NO3S. The summed E-state index contributed by atoms with van der Waals surface area (Å²) in [5, 5.41) is 2.66. The number of hydrogen-bond donors (Lipinski definition) is 2. The van der Waals surface area contributed by atoms with Gasteiger partial charge in [-0.25, -0.2) is 0 Å². The molecule has 0 heterocycles. The summed E-state index contributed by atoms with van der Waals surface area (Å²) < 4.78 is 28.9. The third kappa shape index (κ3) is 11.9. The van der Waals surface area contributed by atoms with E-state index >= 15 is 0 Å². The summed E-state index contributed by atoms with van der Waals surface area (Å²) in [6.07, 6.45) is 5.72. The lowest BCUT2D eigenvalue weighted by molar-refractivity contribution is 0.474. The second kappa shape index (κ2) is 7.29. The Morgan fingerprint density at radius 3 is 2.31 bits per heavy atom. The summed E-state index contributed by atoms with van der Waals surface area (Å²) in [4.78, 5) is 0. The van der Waals surface area contributed by atoms with Crippen molar-refractivity contribution >= 4 is 10.1 Å². The van der Waals surface area contributed by atoms with Crippen LogP contribution in [0, 0.1) is 0 Å². The van der Waals surface area contributed by atoms with E-state index in [4.69, 9.17) is 4.55 Å². The zero-order valence-corrected chi connectivity index (χ0v) is 8.94. The predicted molar refractivity (Wildman–Crippen MR) is 53.2 cm³/mol. The minimum Gasteiger partial charge on any atom is -0.302 e. The van der Waals surface area contributed by atoms with Crippen LogP contribution in [-0.4, -0.2) is 25.4 Å². The molecule has 0 bridgehead atoms. The molecular weight excluding hydrogens is 190 g/mol. The minimum absolute atomic E-state index is 0.333. The van der Waals surface area contributed by atoms with Crippen LogP contribution in [0.15, 0.2) is 0 Å². The van der Waals surface area contributed by atoms with E-state index in [-0.39, 0.29) is 5.88 Å². The molecule has 0 rings (SSSR count). The van der Waals surface area contributed by atoms with E-state index in [0.29, 0.717) is 6.54 Å². The van der Waals surface area contributed by atoms with Crippen molar-refractivity contribution in [2.24, 2.45) is 0 Å². The third-order valence-electron chi connectivity index (χ3n) is 1.74. The summed E-state index contributed by atoms with van der Waals surface area (Å²) in [5.74, 6) is -0.333. The number of unbranched alkanes of at least 4 members (excludes halogenated alkanes) is 4. The Labute approximate surface area is 80.5 Å². The van der Waals surface area contributed by atoms with E-state index < -0.39 is 10.1 Å². The Morgan fingerprint density at radius 1 is 1.15 bits per heavy atom. The Kier molecular flexibility index (Phi) is 7.22. The van der Waals surface area contributed by atoms with Crippen LogP contribution in [0.3, 0.4) is 0 Å². The summed E-state index contributed by atoms with van der Waals surface area (Å²) in [6.45, 7) is 2.81. The molecule has 0 fully saturated rings. The highest BCUT2D eigenvalue weighted by atomic mass is 32.2. The molecule has 0 aliphatic carbocycles. The van der Waals surface area contributed by atoms with Gasteiger partial charge in [0.1, 0.15) is 5.88 Å². The summed E-state index contributed by atoms with van der Waals surface area (Å²) in [7, 11) is -3.83. The van der Waals surface area contributed by atoms with E-state index in [1.807, 2.05) is 0 Å². The average molecular weight is 209 g/mol. The van der Waals surface area contributed by atoms with Gasteiger partial charge in [-0.05, 0) is 13.0 Å². The SMILES string of the molecule is CCCCCCCNCS(=O)(=O)O. The van der Waals surface area contributed by atoms with Gasteiger partial charge in [0.2, 0.25) is 0 Å². The lowest BCUT2D eigenvalue weighted by atomic mass is 10.1. The fourth-order valence-corrected chi connectivity index (χ4v) is 1.46. The van der Waals surface area contributed by atoms with E-state index in [0.717, 1.165) is 12.8 Å². The molecule has 0 aromatic heterocycles. The molecule has 13 heavy (non-hydrogen) atoms. The molecule has 2 N–H and O–H groups in total. The van der Waals surface area contributed by atoms with Gasteiger partial charge in [0, 0.05) is 0 Å². The van der Waals surface area contributed by atoms with Crippen LogP contribution in [0.1, 0.15) is 39.0 Å². The molecule has 0 atom stereocenters. The Balaban J connectivity index is 3.09. The Bertz CT molecular complexity index is 201. The fourth-order valence-electron chi connectivity index (χ4n) is 1.05. The van der Waals surface area contributed by atoms with Crippen molar-refractivity contribution in [2.45, 2.75) is 39.0 Å².